The smallest absolute Gasteiger partial charge is 0.334 e. The standard InChI is InChI=1S/C17H16ClFN2O3/c1-7-3-4-9(19)13(16(7)18)15-12(17(23)24)8(2)21-10-5-20-6-11(22)14(10)15/h3-4,15,20-21H,5-6H2,1-2H3,(H,23,24). The van der Waals surface area contributed by atoms with Crippen LogP contribution < -0.4 is 10.6 Å². The van der Waals surface area contributed by atoms with Crippen LogP contribution in [-0.4, -0.2) is 29.9 Å². The number of aryl methyl sites for hydroxylation is 1. The van der Waals surface area contributed by atoms with Crippen molar-refractivity contribution in [2.45, 2.75) is 19.8 Å². The van der Waals surface area contributed by atoms with Gasteiger partial charge in [-0.25, -0.2) is 9.18 Å². The van der Waals surface area contributed by atoms with Gasteiger partial charge in [0.1, 0.15) is 5.82 Å². The largest absolute Gasteiger partial charge is 0.478 e. The number of allylic oxidation sites excluding steroid dienone is 1. The molecule has 3 rings (SSSR count). The molecule has 2 aliphatic rings. The average Bonchev–Trinajstić information content (AvgIpc) is 2.50. The summed E-state index contributed by atoms with van der Waals surface area (Å²) in [7, 11) is 0. The topological polar surface area (TPSA) is 78.4 Å². The van der Waals surface area contributed by atoms with Crippen LogP contribution in [0.25, 0.3) is 0 Å². The molecule has 3 N–H and O–H groups in total. The van der Waals surface area contributed by atoms with E-state index in [9.17, 15) is 19.1 Å². The summed E-state index contributed by atoms with van der Waals surface area (Å²) in [4.78, 5) is 24.3. The Morgan fingerprint density at radius 1 is 1.33 bits per heavy atom. The molecule has 2 heterocycles. The van der Waals surface area contributed by atoms with Crippen LogP contribution in [0, 0.1) is 12.7 Å². The molecule has 0 saturated heterocycles. The number of halogens is 2. The summed E-state index contributed by atoms with van der Waals surface area (Å²) in [5.41, 5.74) is 1.81. The number of nitrogens with one attached hydrogen (secondary N) is 2. The first-order chi connectivity index (χ1) is 11.3. The zero-order valence-corrected chi connectivity index (χ0v) is 13.9. The number of rotatable bonds is 2. The number of aliphatic carboxylic acids is 1. The third-order valence-electron chi connectivity index (χ3n) is 4.37. The van der Waals surface area contributed by atoms with E-state index in [1.54, 1.807) is 13.8 Å². The van der Waals surface area contributed by atoms with E-state index in [0.717, 1.165) is 0 Å². The summed E-state index contributed by atoms with van der Waals surface area (Å²) in [5.74, 6) is -3.13. The molecule has 0 amide bonds. The lowest BCUT2D eigenvalue weighted by Crippen LogP contribution is -2.43. The highest BCUT2D eigenvalue weighted by molar-refractivity contribution is 6.32. The molecule has 0 radical (unpaired) electrons. The minimum Gasteiger partial charge on any atom is -0.478 e. The summed E-state index contributed by atoms with van der Waals surface area (Å²) in [6.45, 7) is 3.77. The summed E-state index contributed by atoms with van der Waals surface area (Å²) in [6.07, 6.45) is 0. The van der Waals surface area contributed by atoms with Crippen molar-refractivity contribution >= 4 is 23.4 Å². The van der Waals surface area contributed by atoms with Crippen LogP contribution in [-0.2, 0) is 9.59 Å². The number of ketones is 1. The molecule has 126 valence electrons. The summed E-state index contributed by atoms with van der Waals surface area (Å²) < 4.78 is 14.6. The van der Waals surface area contributed by atoms with Gasteiger partial charge in [-0.1, -0.05) is 17.7 Å². The normalized spacial score (nSPS) is 20.8. The lowest BCUT2D eigenvalue weighted by atomic mass is 9.77. The van der Waals surface area contributed by atoms with Gasteiger partial charge in [-0.05, 0) is 25.5 Å². The molecule has 1 unspecified atom stereocenters. The van der Waals surface area contributed by atoms with Crippen LogP contribution in [0.2, 0.25) is 5.02 Å². The van der Waals surface area contributed by atoms with Crippen molar-refractivity contribution in [1.29, 1.82) is 0 Å². The van der Waals surface area contributed by atoms with Crippen molar-refractivity contribution in [2.24, 2.45) is 0 Å². The SMILES string of the molecule is CC1=C(C(=O)O)C(c2c(F)ccc(C)c2Cl)C2=C(CNCC2=O)N1. The first-order valence-electron chi connectivity index (χ1n) is 7.45. The van der Waals surface area contributed by atoms with Gasteiger partial charge in [0.05, 0.1) is 23.1 Å². The Hall–Kier alpha value is -2.18. The Morgan fingerprint density at radius 2 is 2.04 bits per heavy atom. The fourth-order valence-electron chi connectivity index (χ4n) is 3.28. The number of dihydropyridines is 1. The quantitative estimate of drug-likeness (QED) is 0.762. The second-order valence-electron chi connectivity index (χ2n) is 5.91. The van der Waals surface area contributed by atoms with Gasteiger partial charge in [-0.15, -0.1) is 0 Å². The predicted molar refractivity (Wildman–Crippen MR) is 87.3 cm³/mol. The summed E-state index contributed by atoms with van der Waals surface area (Å²) >= 11 is 6.30. The second-order valence-corrected chi connectivity index (χ2v) is 6.29. The Balaban J connectivity index is 2.32. The first-order valence-corrected chi connectivity index (χ1v) is 7.83. The number of hydrogen-bond donors (Lipinski definition) is 3. The van der Waals surface area contributed by atoms with Crippen molar-refractivity contribution in [3.63, 3.8) is 0 Å². The van der Waals surface area contributed by atoms with Crippen LogP contribution in [0.15, 0.2) is 34.7 Å². The molecule has 1 aromatic rings. The van der Waals surface area contributed by atoms with Crippen molar-refractivity contribution in [2.75, 3.05) is 13.1 Å². The van der Waals surface area contributed by atoms with Gasteiger partial charge in [0.2, 0.25) is 0 Å². The maximum atomic E-state index is 14.6. The Bertz CT molecular complexity index is 829. The van der Waals surface area contributed by atoms with Gasteiger partial charge in [0.25, 0.3) is 0 Å². The van der Waals surface area contributed by atoms with E-state index in [2.05, 4.69) is 10.6 Å². The number of carboxylic acid groups (broad SMARTS) is 1. The molecule has 0 bridgehead atoms. The third-order valence-corrected chi connectivity index (χ3v) is 4.87. The van der Waals surface area contributed by atoms with E-state index >= 15 is 0 Å². The predicted octanol–water partition coefficient (Wildman–Crippen LogP) is 2.26. The molecule has 0 aromatic heterocycles. The van der Waals surface area contributed by atoms with Crippen molar-refractivity contribution in [3.8, 4) is 0 Å². The van der Waals surface area contributed by atoms with Gasteiger partial charge >= 0.3 is 5.97 Å². The molecule has 1 atom stereocenters. The number of carboxylic acids is 1. The van der Waals surface area contributed by atoms with Crippen molar-refractivity contribution < 1.29 is 19.1 Å². The highest BCUT2D eigenvalue weighted by Gasteiger charge is 2.40. The Labute approximate surface area is 143 Å². The van der Waals surface area contributed by atoms with E-state index in [1.807, 2.05) is 0 Å². The zero-order chi connectivity index (χ0) is 17.6. The molecule has 0 spiro atoms. The second kappa shape index (κ2) is 6.03. The summed E-state index contributed by atoms with van der Waals surface area (Å²) in [5, 5.41) is 15.7. The molecule has 7 heteroatoms. The van der Waals surface area contributed by atoms with Gasteiger partial charge in [0, 0.05) is 29.1 Å². The van der Waals surface area contributed by atoms with Gasteiger partial charge in [-0.2, -0.15) is 0 Å². The third kappa shape index (κ3) is 2.52. The van der Waals surface area contributed by atoms with Crippen LogP contribution in [0.5, 0.6) is 0 Å². The zero-order valence-electron chi connectivity index (χ0n) is 13.2. The first kappa shape index (κ1) is 16.7. The molecule has 0 aliphatic carbocycles. The minimum atomic E-state index is -1.21. The van der Waals surface area contributed by atoms with Gasteiger partial charge in [-0.3, -0.25) is 4.79 Å². The molecule has 5 nitrogen and oxygen atoms in total. The lowest BCUT2D eigenvalue weighted by Gasteiger charge is -2.34. The minimum absolute atomic E-state index is 0.0395. The molecule has 2 aliphatic heterocycles. The lowest BCUT2D eigenvalue weighted by molar-refractivity contribution is -0.133. The Kier molecular flexibility index (Phi) is 4.19. The average molecular weight is 351 g/mol. The molecular formula is C17H16ClFN2O3. The molecule has 0 saturated carbocycles. The monoisotopic (exact) mass is 350 g/mol. The number of carbonyl (C=O) groups excluding carboxylic acids is 1. The molecule has 24 heavy (non-hydrogen) atoms. The number of carbonyl (C=O) groups is 2. The molecule has 1 aromatic carbocycles. The van der Waals surface area contributed by atoms with Crippen LogP contribution in [0.4, 0.5) is 4.39 Å². The fraction of sp³-hybridized carbons (Fsp3) is 0.294. The van der Waals surface area contributed by atoms with Crippen LogP contribution in [0.3, 0.4) is 0 Å². The van der Waals surface area contributed by atoms with E-state index in [0.29, 0.717) is 23.5 Å². The maximum Gasteiger partial charge on any atom is 0.334 e. The van der Waals surface area contributed by atoms with E-state index in [1.165, 1.54) is 12.1 Å². The van der Waals surface area contributed by atoms with Crippen molar-refractivity contribution in [1.82, 2.24) is 10.6 Å². The number of Topliss-reactive ketones (excluding diaryl/α,β-unsaturated/α-hetero) is 1. The molecule has 0 fully saturated rings. The molecular weight excluding hydrogens is 335 g/mol. The highest BCUT2D eigenvalue weighted by atomic mass is 35.5. The number of benzene rings is 1. The maximum absolute atomic E-state index is 14.6. The van der Waals surface area contributed by atoms with E-state index in [4.69, 9.17) is 11.6 Å². The highest BCUT2D eigenvalue weighted by Crippen LogP contribution is 2.43. The van der Waals surface area contributed by atoms with E-state index < -0.39 is 17.7 Å². The van der Waals surface area contributed by atoms with Crippen molar-refractivity contribution in [3.05, 3.63) is 56.6 Å². The van der Waals surface area contributed by atoms with Crippen LogP contribution >= 0.6 is 11.6 Å². The van der Waals surface area contributed by atoms with Gasteiger partial charge in [0.15, 0.2) is 5.78 Å². The van der Waals surface area contributed by atoms with E-state index in [-0.39, 0.29) is 34.1 Å². The number of hydrogen-bond acceptors (Lipinski definition) is 4. The van der Waals surface area contributed by atoms with Crippen LogP contribution in [0.1, 0.15) is 24.0 Å². The fourth-order valence-corrected chi connectivity index (χ4v) is 3.54. The Morgan fingerprint density at radius 3 is 2.71 bits per heavy atom. The summed E-state index contributed by atoms with van der Waals surface area (Å²) in [6, 6.07) is 2.78. The van der Waals surface area contributed by atoms with Gasteiger partial charge < -0.3 is 15.7 Å².